The van der Waals surface area contributed by atoms with Gasteiger partial charge in [0.05, 0.1) is 17.3 Å². The second-order valence-electron chi connectivity index (χ2n) is 5.33. The normalized spacial score (nSPS) is 12.4. The van der Waals surface area contributed by atoms with E-state index < -0.39 is 12.1 Å². The number of carbonyl (C=O) groups is 1. The molecule has 1 atom stereocenters. The lowest BCUT2D eigenvalue weighted by molar-refractivity contribution is -0.150. The monoisotopic (exact) mass is 408 g/mol. The summed E-state index contributed by atoms with van der Waals surface area (Å²) in [5, 5.41) is 10.8. The van der Waals surface area contributed by atoms with Crippen molar-refractivity contribution in [3.8, 4) is 11.3 Å². The number of aliphatic hydroxyl groups excluding tert-OH is 1. The van der Waals surface area contributed by atoms with Crippen molar-refractivity contribution in [2.24, 2.45) is 0 Å². The molecule has 1 N–H and O–H groups in total. The molecule has 5 nitrogen and oxygen atoms in total. The summed E-state index contributed by atoms with van der Waals surface area (Å²) in [4.78, 5) is 16.3. The number of hydrogen-bond donors (Lipinski definition) is 1. The van der Waals surface area contributed by atoms with Crippen molar-refractivity contribution in [2.45, 2.75) is 13.0 Å². The summed E-state index contributed by atoms with van der Waals surface area (Å²) in [6.07, 6.45) is 2.30. The second kappa shape index (κ2) is 6.55. The fraction of sp³-hybridized carbons (Fsp3) is 0.176. The molecule has 0 radical (unpaired) electrons. The van der Waals surface area contributed by atoms with Crippen LogP contribution in [0.3, 0.4) is 0 Å². The van der Waals surface area contributed by atoms with E-state index >= 15 is 0 Å². The van der Waals surface area contributed by atoms with Gasteiger partial charge in [-0.3, -0.25) is 0 Å². The maximum atomic E-state index is 11.7. The van der Waals surface area contributed by atoms with Crippen LogP contribution in [0.25, 0.3) is 16.9 Å². The average molecular weight is 410 g/mol. The first-order valence-electron chi connectivity index (χ1n) is 7.12. The molecule has 0 bridgehead atoms. The summed E-state index contributed by atoms with van der Waals surface area (Å²) in [6, 6.07) is 7.40. The van der Waals surface area contributed by atoms with Crippen LogP contribution in [0, 0.1) is 6.92 Å². The molecule has 0 fully saturated rings. The number of methoxy groups -OCH3 is 1. The molecule has 0 amide bonds. The number of rotatable bonds is 3. The topological polar surface area (TPSA) is 63.8 Å². The largest absolute Gasteiger partial charge is 0.467 e. The van der Waals surface area contributed by atoms with Crippen LogP contribution in [0.5, 0.6) is 0 Å². The first-order chi connectivity index (χ1) is 11.4. The lowest BCUT2D eigenvalue weighted by Crippen LogP contribution is -2.16. The molecule has 0 saturated heterocycles. The molecule has 24 heavy (non-hydrogen) atoms. The molecule has 0 unspecified atom stereocenters. The number of esters is 1. The van der Waals surface area contributed by atoms with Crippen LogP contribution in [-0.2, 0) is 9.53 Å². The van der Waals surface area contributed by atoms with Gasteiger partial charge in [0.1, 0.15) is 0 Å². The van der Waals surface area contributed by atoms with Crippen LogP contribution in [0.2, 0.25) is 5.02 Å². The minimum absolute atomic E-state index is 0.442. The number of benzene rings is 1. The Labute approximate surface area is 152 Å². The average Bonchev–Trinajstić information content (AvgIpc) is 2.98. The number of imidazole rings is 1. The standard InChI is InChI=1S/C17H14BrClN2O3/c1-9-7-21-8-12(10-4-3-5-11(19)6-10)20-16(21)14(18)13(9)15(22)17(23)24-2/h3-8,15,22H,1-2H3/t15-/m0/s1. The molecule has 2 heterocycles. The second-order valence-corrected chi connectivity index (χ2v) is 6.56. The molecule has 124 valence electrons. The number of hydrogen-bond acceptors (Lipinski definition) is 4. The highest BCUT2D eigenvalue weighted by Crippen LogP contribution is 2.33. The SMILES string of the molecule is COC(=O)[C@@H](O)c1c(C)cn2cc(-c3cccc(Cl)c3)nc2c1Br. The van der Waals surface area contributed by atoms with Gasteiger partial charge in [-0.25, -0.2) is 9.78 Å². The quantitative estimate of drug-likeness (QED) is 0.666. The molecule has 0 spiro atoms. The highest BCUT2D eigenvalue weighted by molar-refractivity contribution is 9.10. The van der Waals surface area contributed by atoms with Crippen molar-refractivity contribution in [1.29, 1.82) is 0 Å². The lowest BCUT2D eigenvalue weighted by atomic mass is 10.1. The Morgan fingerprint density at radius 1 is 1.42 bits per heavy atom. The molecule has 0 aliphatic heterocycles. The zero-order valence-electron chi connectivity index (χ0n) is 13.0. The molecule has 1 aromatic carbocycles. The zero-order valence-corrected chi connectivity index (χ0v) is 15.3. The number of fused-ring (bicyclic) bond motifs is 1. The lowest BCUT2D eigenvalue weighted by Gasteiger charge is -2.14. The van der Waals surface area contributed by atoms with Gasteiger partial charge in [-0.2, -0.15) is 0 Å². The summed E-state index contributed by atoms with van der Waals surface area (Å²) in [5.41, 5.74) is 3.39. The van der Waals surface area contributed by atoms with Crippen molar-refractivity contribution in [3.63, 3.8) is 0 Å². The zero-order chi connectivity index (χ0) is 17.4. The fourth-order valence-electron chi connectivity index (χ4n) is 2.58. The number of pyridine rings is 1. The maximum absolute atomic E-state index is 11.7. The number of aryl methyl sites for hydroxylation is 1. The molecule has 0 saturated carbocycles. The minimum Gasteiger partial charge on any atom is -0.467 e. The van der Waals surface area contributed by atoms with Gasteiger partial charge in [0.2, 0.25) is 0 Å². The Morgan fingerprint density at radius 2 is 2.17 bits per heavy atom. The summed E-state index contributed by atoms with van der Waals surface area (Å²) < 4.78 is 7.01. The Morgan fingerprint density at radius 3 is 2.83 bits per heavy atom. The number of nitrogens with zero attached hydrogens (tertiary/aromatic N) is 2. The van der Waals surface area contributed by atoms with Crippen LogP contribution in [0.15, 0.2) is 41.1 Å². The summed E-state index contributed by atoms with van der Waals surface area (Å²) >= 11 is 9.49. The Bertz CT molecular complexity index is 939. The maximum Gasteiger partial charge on any atom is 0.339 e. The Balaban J connectivity index is 2.17. The van der Waals surface area contributed by atoms with Crippen molar-refractivity contribution in [2.75, 3.05) is 7.11 Å². The van der Waals surface area contributed by atoms with Gasteiger partial charge in [0.25, 0.3) is 0 Å². The minimum atomic E-state index is -1.37. The Hall–Kier alpha value is -1.89. The predicted molar refractivity (Wildman–Crippen MR) is 95.1 cm³/mol. The third-order valence-corrected chi connectivity index (χ3v) is 4.76. The van der Waals surface area contributed by atoms with E-state index in [1.165, 1.54) is 7.11 Å². The van der Waals surface area contributed by atoms with Crippen LogP contribution in [0.1, 0.15) is 17.2 Å². The van der Waals surface area contributed by atoms with Gasteiger partial charge in [-0.15, -0.1) is 0 Å². The first-order valence-corrected chi connectivity index (χ1v) is 8.29. The number of ether oxygens (including phenoxy) is 1. The number of aliphatic hydroxyl groups is 1. The molecule has 2 aromatic heterocycles. The van der Waals surface area contributed by atoms with Crippen LogP contribution < -0.4 is 0 Å². The molecular formula is C17H14BrClN2O3. The van der Waals surface area contributed by atoms with Crippen LogP contribution in [-0.4, -0.2) is 27.6 Å². The van der Waals surface area contributed by atoms with Crippen LogP contribution >= 0.6 is 27.5 Å². The number of carbonyl (C=O) groups excluding carboxylic acids is 1. The van der Waals surface area contributed by atoms with E-state index in [1.807, 2.05) is 41.9 Å². The van der Waals surface area contributed by atoms with E-state index in [-0.39, 0.29) is 0 Å². The van der Waals surface area contributed by atoms with Gasteiger partial charge >= 0.3 is 5.97 Å². The van der Waals surface area contributed by atoms with Gasteiger partial charge < -0.3 is 14.2 Å². The first kappa shape index (κ1) is 17.0. The summed E-state index contributed by atoms with van der Waals surface area (Å²) in [5.74, 6) is -0.718. The molecule has 0 aliphatic carbocycles. The molecule has 3 aromatic rings. The van der Waals surface area contributed by atoms with Gasteiger partial charge in [0, 0.05) is 28.5 Å². The fourth-order valence-corrected chi connectivity index (χ4v) is 3.59. The van der Waals surface area contributed by atoms with Crippen molar-refractivity contribution < 1.29 is 14.6 Å². The summed E-state index contributed by atoms with van der Waals surface area (Å²) in [7, 11) is 1.24. The van der Waals surface area contributed by atoms with E-state index in [9.17, 15) is 9.90 Å². The van der Waals surface area contributed by atoms with E-state index in [4.69, 9.17) is 11.6 Å². The third-order valence-electron chi connectivity index (χ3n) is 3.74. The molecule has 3 rings (SSSR count). The predicted octanol–water partition coefficient (Wildman–Crippen LogP) is 3.93. The molecule has 7 heteroatoms. The van der Waals surface area contributed by atoms with Gasteiger partial charge in [-0.05, 0) is 40.5 Å². The number of halogens is 2. The van der Waals surface area contributed by atoms with Crippen molar-refractivity contribution in [1.82, 2.24) is 9.38 Å². The highest BCUT2D eigenvalue weighted by Gasteiger charge is 2.25. The van der Waals surface area contributed by atoms with Gasteiger partial charge in [-0.1, -0.05) is 23.7 Å². The highest BCUT2D eigenvalue weighted by atomic mass is 79.9. The van der Waals surface area contributed by atoms with Crippen molar-refractivity contribution in [3.05, 3.63) is 57.3 Å². The third kappa shape index (κ3) is 2.92. The van der Waals surface area contributed by atoms with E-state index in [2.05, 4.69) is 25.7 Å². The summed E-state index contributed by atoms with van der Waals surface area (Å²) in [6.45, 7) is 1.81. The number of aromatic nitrogens is 2. The Kier molecular flexibility index (Phi) is 4.62. The van der Waals surface area contributed by atoms with Gasteiger partial charge in [0.15, 0.2) is 11.8 Å². The van der Waals surface area contributed by atoms with Crippen molar-refractivity contribution >= 4 is 39.1 Å². The molecular weight excluding hydrogens is 396 g/mol. The van der Waals surface area contributed by atoms with E-state index in [0.29, 0.717) is 20.7 Å². The van der Waals surface area contributed by atoms with E-state index in [1.54, 1.807) is 6.07 Å². The van der Waals surface area contributed by atoms with E-state index in [0.717, 1.165) is 16.8 Å². The smallest absolute Gasteiger partial charge is 0.339 e. The molecule has 0 aliphatic rings. The van der Waals surface area contributed by atoms with Crippen LogP contribution in [0.4, 0.5) is 0 Å².